The lowest BCUT2D eigenvalue weighted by Crippen LogP contribution is -2.43. The van der Waals surface area contributed by atoms with Gasteiger partial charge in [-0.15, -0.1) is 12.4 Å². The van der Waals surface area contributed by atoms with E-state index >= 15 is 0 Å². The van der Waals surface area contributed by atoms with E-state index in [1.165, 1.54) is 23.0 Å². The van der Waals surface area contributed by atoms with Crippen LogP contribution < -0.4 is 5.73 Å². The van der Waals surface area contributed by atoms with Crippen LogP contribution in [0, 0.1) is 12.7 Å². The maximum atomic E-state index is 13.2. The van der Waals surface area contributed by atoms with E-state index in [0.717, 1.165) is 12.8 Å². The van der Waals surface area contributed by atoms with Crippen molar-refractivity contribution in [1.29, 1.82) is 0 Å². The number of carbonyl (C=O) groups excluding carboxylic acids is 1. The van der Waals surface area contributed by atoms with Gasteiger partial charge in [0.1, 0.15) is 5.82 Å². The second-order valence-electron chi connectivity index (χ2n) is 5.87. The first-order valence-electron chi connectivity index (χ1n) is 7.55. The summed E-state index contributed by atoms with van der Waals surface area (Å²) in [6.07, 6.45) is 2.84. The molecule has 3 N–H and O–H groups in total. The first kappa shape index (κ1) is 18.2. The van der Waals surface area contributed by atoms with Crippen LogP contribution in [0.25, 0.3) is 5.69 Å². The van der Waals surface area contributed by atoms with Crippen LogP contribution in [0.15, 0.2) is 24.4 Å². The quantitative estimate of drug-likeness (QED) is 0.864. The first-order valence-corrected chi connectivity index (χ1v) is 7.55. The number of rotatable bonds is 2. The Kier molecular flexibility index (Phi) is 5.46. The molecule has 24 heavy (non-hydrogen) atoms. The van der Waals surface area contributed by atoms with E-state index in [1.54, 1.807) is 17.9 Å². The largest absolute Gasteiger partial charge is 0.504 e. The number of halogens is 2. The van der Waals surface area contributed by atoms with Gasteiger partial charge in [0.05, 0.1) is 11.9 Å². The van der Waals surface area contributed by atoms with Crippen molar-refractivity contribution in [3.8, 4) is 11.4 Å². The van der Waals surface area contributed by atoms with Crippen LogP contribution in [-0.2, 0) is 0 Å². The lowest BCUT2D eigenvalue weighted by molar-refractivity contribution is 0.0705. The summed E-state index contributed by atoms with van der Waals surface area (Å²) < 4.78 is 14.6. The van der Waals surface area contributed by atoms with E-state index in [4.69, 9.17) is 5.73 Å². The summed E-state index contributed by atoms with van der Waals surface area (Å²) in [6.45, 7) is 2.86. The summed E-state index contributed by atoms with van der Waals surface area (Å²) in [6, 6.07) is 4.37. The fraction of sp³-hybridized carbons (Fsp3) is 0.375. The Morgan fingerprint density at radius 1 is 1.38 bits per heavy atom. The molecule has 1 fully saturated rings. The van der Waals surface area contributed by atoms with Crippen molar-refractivity contribution in [2.75, 3.05) is 13.1 Å². The topological polar surface area (TPSA) is 84.4 Å². The van der Waals surface area contributed by atoms with Crippen molar-refractivity contribution in [3.63, 3.8) is 0 Å². The summed E-state index contributed by atoms with van der Waals surface area (Å²) >= 11 is 0. The number of hydrogen-bond donors (Lipinski definition) is 2. The highest BCUT2D eigenvalue weighted by atomic mass is 35.5. The molecule has 130 valence electrons. The normalized spacial score (nSPS) is 15.2. The highest BCUT2D eigenvalue weighted by molar-refractivity contribution is 5.95. The Balaban J connectivity index is 0.00000208. The molecule has 1 saturated heterocycles. The van der Waals surface area contributed by atoms with Crippen LogP contribution in [0.1, 0.15) is 28.9 Å². The lowest BCUT2D eigenvalue weighted by atomic mass is 10.1. The second kappa shape index (κ2) is 7.19. The Hall–Kier alpha value is -2.12. The third-order valence-corrected chi connectivity index (χ3v) is 4.13. The molecule has 6 nitrogen and oxygen atoms in total. The van der Waals surface area contributed by atoms with Crippen molar-refractivity contribution in [1.82, 2.24) is 14.7 Å². The Morgan fingerprint density at radius 2 is 2.04 bits per heavy atom. The summed E-state index contributed by atoms with van der Waals surface area (Å²) in [5.74, 6) is -0.843. The number of hydrogen-bond acceptors (Lipinski definition) is 4. The zero-order valence-corrected chi connectivity index (χ0v) is 14.1. The van der Waals surface area contributed by atoms with Gasteiger partial charge in [0.2, 0.25) is 0 Å². The predicted octanol–water partition coefficient (Wildman–Crippen LogP) is 2.01. The molecule has 1 aliphatic heterocycles. The van der Waals surface area contributed by atoms with E-state index in [9.17, 15) is 14.3 Å². The minimum atomic E-state index is -0.344. The molecule has 1 aromatic heterocycles. The molecule has 0 bridgehead atoms. The van der Waals surface area contributed by atoms with Crippen LogP contribution in [0.4, 0.5) is 4.39 Å². The Morgan fingerprint density at radius 3 is 2.67 bits per heavy atom. The van der Waals surface area contributed by atoms with Gasteiger partial charge in [0.15, 0.2) is 11.4 Å². The minimum Gasteiger partial charge on any atom is -0.504 e. The van der Waals surface area contributed by atoms with E-state index in [-0.39, 0.29) is 41.6 Å². The highest BCUT2D eigenvalue weighted by Crippen LogP contribution is 2.23. The first-order chi connectivity index (χ1) is 11.0. The minimum absolute atomic E-state index is 0. The molecule has 2 heterocycles. The molecule has 0 saturated carbocycles. The fourth-order valence-corrected chi connectivity index (χ4v) is 2.77. The van der Waals surface area contributed by atoms with Gasteiger partial charge < -0.3 is 15.7 Å². The molecule has 2 aromatic rings. The summed E-state index contributed by atoms with van der Waals surface area (Å²) in [5, 5.41) is 14.2. The van der Waals surface area contributed by atoms with Crippen molar-refractivity contribution < 1.29 is 14.3 Å². The van der Waals surface area contributed by atoms with Gasteiger partial charge in [-0.1, -0.05) is 0 Å². The fourth-order valence-electron chi connectivity index (χ4n) is 2.77. The van der Waals surface area contributed by atoms with Crippen LogP contribution in [0.5, 0.6) is 5.75 Å². The molecule has 0 spiro atoms. The van der Waals surface area contributed by atoms with Gasteiger partial charge in [-0.3, -0.25) is 4.79 Å². The molecule has 0 radical (unpaired) electrons. The number of likely N-dealkylation sites (tertiary alicyclic amines) is 1. The number of amides is 1. The van der Waals surface area contributed by atoms with Crippen molar-refractivity contribution in [3.05, 3.63) is 41.5 Å². The number of benzene rings is 1. The lowest BCUT2D eigenvalue weighted by Gasteiger charge is -2.29. The van der Waals surface area contributed by atoms with E-state index < -0.39 is 0 Å². The number of carbonyl (C=O) groups is 1. The molecule has 0 aliphatic carbocycles. The molecule has 1 aliphatic rings. The van der Waals surface area contributed by atoms with Gasteiger partial charge in [-0.25, -0.2) is 9.07 Å². The molecule has 3 rings (SSSR count). The number of nitrogens with two attached hydrogens (primary N) is 1. The summed E-state index contributed by atoms with van der Waals surface area (Å²) in [4.78, 5) is 14.1. The van der Waals surface area contributed by atoms with Crippen molar-refractivity contribution >= 4 is 18.3 Å². The Bertz CT molecular complexity index is 742. The van der Waals surface area contributed by atoms with E-state index in [0.29, 0.717) is 24.3 Å². The third kappa shape index (κ3) is 3.52. The molecule has 8 heteroatoms. The number of aromatic hydroxyl groups is 1. The van der Waals surface area contributed by atoms with Gasteiger partial charge in [-0.2, -0.15) is 5.10 Å². The van der Waals surface area contributed by atoms with Gasteiger partial charge >= 0.3 is 0 Å². The van der Waals surface area contributed by atoms with Gasteiger partial charge in [0, 0.05) is 19.1 Å². The van der Waals surface area contributed by atoms with Crippen molar-refractivity contribution in [2.24, 2.45) is 5.73 Å². The average molecular weight is 355 g/mol. The van der Waals surface area contributed by atoms with Gasteiger partial charge in [0.25, 0.3) is 5.91 Å². The monoisotopic (exact) mass is 354 g/mol. The van der Waals surface area contributed by atoms with Gasteiger partial charge in [-0.05, 0) is 43.5 Å². The second-order valence-corrected chi connectivity index (χ2v) is 5.87. The predicted molar refractivity (Wildman–Crippen MR) is 90.3 cm³/mol. The molecule has 0 atom stereocenters. The molecular weight excluding hydrogens is 335 g/mol. The van der Waals surface area contributed by atoms with E-state index in [2.05, 4.69) is 5.10 Å². The van der Waals surface area contributed by atoms with Crippen LogP contribution in [0.2, 0.25) is 0 Å². The van der Waals surface area contributed by atoms with Crippen LogP contribution in [0.3, 0.4) is 0 Å². The zero-order chi connectivity index (χ0) is 16.6. The van der Waals surface area contributed by atoms with Crippen molar-refractivity contribution in [2.45, 2.75) is 25.8 Å². The average Bonchev–Trinajstić information content (AvgIpc) is 2.89. The SMILES string of the molecule is Cc1cc(F)ccc1-n1cc(O)c(C(=O)N2CCC(N)CC2)n1.Cl. The van der Waals surface area contributed by atoms with Crippen LogP contribution in [-0.4, -0.2) is 44.8 Å². The molecular formula is C16H20ClFN4O2. The molecule has 1 aromatic carbocycles. The zero-order valence-electron chi connectivity index (χ0n) is 13.3. The van der Waals surface area contributed by atoms with Crippen LogP contribution >= 0.6 is 12.4 Å². The number of aromatic nitrogens is 2. The third-order valence-electron chi connectivity index (χ3n) is 4.13. The number of nitrogens with zero attached hydrogens (tertiary/aromatic N) is 3. The number of aryl methyl sites for hydroxylation is 1. The highest BCUT2D eigenvalue weighted by Gasteiger charge is 2.26. The standard InChI is InChI=1S/C16H19FN4O2.ClH/c1-10-8-11(17)2-3-13(10)21-9-14(22)15(19-21)16(23)20-6-4-12(18)5-7-20;/h2-3,8-9,12,22H,4-7,18H2,1H3;1H. The molecule has 0 unspecified atom stereocenters. The van der Waals surface area contributed by atoms with E-state index in [1.807, 2.05) is 0 Å². The maximum Gasteiger partial charge on any atom is 0.278 e. The summed E-state index contributed by atoms with van der Waals surface area (Å²) in [5.41, 5.74) is 7.12. The molecule has 1 amide bonds. The maximum absolute atomic E-state index is 13.2. The smallest absolute Gasteiger partial charge is 0.278 e. The summed E-state index contributed by atoms with van der Waals surface area (Å²) in [7, 11) is 0. The number of piperidine rings is 1. The Labute approximate surface area is 145 Å².